The maximum absolute atomic E-state index is 15.6. The first kappa shape index (κ1) is 37.4. The standard InChI is InChI=1S/C49H35ClFN3O6/c50-31-15-13-30(14-16-31)49-39(46(58)54(48(49)60)52-33-19-17-32(51)18-20-33)26-38-36(43(49)42-35-9-5-4-6-27(35)12-25-40(42)55)23-24-37-41(38)47(59)53(45(37)57)34-21-10-29(11-22-34)44(56)28-7-2-1-3-8-28/h1-23,25,37-39,41,43,52,55H,24,26H2/t37-,38+,39-,41-,43+,49+/m0/s1. The molecule has 60 heavy (non-hydrogen) atoms. The molecule has 4 aliphatic rings. The summed E-state index contributed by atoms with van der Waals surface area (Å²) in [4.78, 5) is 74.2. The number of halogens is 2. The fraction of sp³-hybridized carbons (Fsp3) is 0.163. The van der Waals surface area contributed by atoms with Crippen LogP contribution in [0.3, 0.4) is 0 Å². The van der Waals surface area contributed by atoms with E-state index >= 15 is 9.59 Å². The normalized spacial score (nSPS) is 24.6. The fourth-order valence-corrected chi connectivity index (χ4v) is 10.5. The zero-order chi connectivity index (χ0) is 41.4. The van der Waals surface area contributed by atoms with Crippen molar-refractivity contribution < 1.29 is 33.5 Å². The number of imide groups is 2. The van der Waals surface area contributed by atoms with E-state index in [0.717, 1.165) is 10.4 Å². The molecule has 0 spiro atoms. The Morgan fingerprint density at radius 2 is 1.42 bits per heavy atom. The molecular formula is C49H35ClFN3O6. The predicted molar refractivity (Wildman–Crippen MR) is 223 cm³/mol. The van der Waals surface area contributed by atoms with Gasteiger partial charge in [0.1, 0.15) is 11.6 Å². The van der Waals surface area contributed by atoms with Crippen molar-refractivity contribution >= 4 is 63.2 Å². The van der Waals surface area contributed by atoms with Gasteiger partial charge in [-0.25, -0.2) is 4.39 Å². The average Bonchev–Trinajstić information content (AvgIpc) is 3.65. The van der Waals surface area contributed by atoms with E-state index in [1.54, 1.807) is 84.9 Å². The van der Waals surface area contributed by atoms with Gasteiger partial charge in [0.15, 0.2) is 5.78 Å². The molecule has 3 fully saturated rings. The largest absolute Gasteiger partial charge is 0.508 e. The summed E-state index contributed by atoms with van der Waals surface area (Å²) in [7, 11) is 0. The van der Waals surface area contributed by atoms with E-state index < -0.39 is 64.5 Å². The van der Waals surface area contributed by atoms with Crippen LogP contribution in [0, 0.1) is 29.5 Å². The lowest BCUT2D eigenvalue weighted by atomic mass is 9.48. The highest BCUT2D eigenvalue weighted by Crippen LogP contribution is 2.65. The molecule has 4 amide bonds. The van der Waals surface area contributed by atoms with Gasteiger partial charge >= 0.3 is 0 Å². The van der Waals surface area contributed by atoms with Crippen LogP contribution >= 0.6 is 11.6 Å². The van der Waals surface area contributed by atoms with Crippen LogP contribution in [-0.2, 0) is 24.6 Å². The summed E-state index contributed by atoms with van der Waals surface area (Å²) in [6.45, 7) is 0. The molecule has 2 aliphatic heterocycles. The number of amides is 4. The number of ketones is 1. The number of rotatable bonds is 7. The second kappa shape index (κ2) is 14.1. The van der Waals surface area contributed by atoms with E-state index in [0.29, 0.717) is 49.6 Å². The molecule has 296 valence electrons. The van der Waals surface area contributed by atoms with Gasteiger partial charge in [-0.15, -0.1) is 0 Å². The number of phenolic OH excluding ortho intramolecular Hbond substituents is 1. The summed E-state index contributed by atoms with van der Waals surface area (Å²) in [6, 6.07) is 38.1. The van der Waals surface area contributed by atoms with Crippen molar-refractivity contribution in [1.82, 2.24) is 5.01 Å². The SMILES string of the molecule is O=C(c1ccccc1)c1ccc(N2C(=O)[C@H]3[C@H](CC=C4[C@H]3C[C@H]3C(=O)N(Nc5ccc(F)cc5)C(=O)[C@@]3(c3ccc(Cl)cc3)[C@H]4c3c(O)ccc4ccccc34)C2=O)cc1. The lowest BCUT2D eigenvalue weighted by molar-refractivity contribution is -0.138. The van der Waals surface area contributed by atoms with Crippen LogP contribution in [-0.4, -0.2) is 39.5 Å². The predicted octanol–water partition coefficient (Wildman–Crippen LogP) is 8.76. The van der Waals surface area contributed by atoms with Crippen LogP contribution in [0.25, 0.3) is 10.8 Å². The summed E-state index contributed by atoms with van der Waals surface area (Å²) in [6.07, 6.45) is 2.13. The monoisotopic (exact) mass is 815 g/mol. The van der Waals surface area contributed by atoms with Crippen molar-refractivity contribution in [3.05, 3.63) is 184 Å². The molecule has 2 N–H and O–H groups in total. The van der Waals surface area contributed by atoms with Crippen LogP contribution < -0.4 is 10.3 Å². The molecule has 9 nitrogen and oxygen atoms in total. The minimum Gasteiger partial charge on any atom is -0.508 e. The third-order valence-corrected chi connectivity index (χ3v) is 13.2. The lowest BCUT2D eigenvalue weighted by Crippen LogP contribution is -2.53. The summed E-state index contributed by atoms with van der Waals surface area (Å²) in [5, 5.41) is 14.8. The molecule has 6 aromatic carbocycles. The molecule has 0 radical (unpaired) electrons. The molecule has 0 aromatic heterocycles. The van der Waals surface area contributed by atoms with Crippen molar-refractivity contribution in [2.75, 3.05) is 10.3 Å². The molecule has 10 rings (SSSR count). The Kier molecular flexibility index (Phi) is 8.80. The number of anilines is 2. The topological polar surface area (TPSA) is 124 Å². The third-order valence-electron chi connectivity index (χ3n) is 12.9. The smallest absolute Gasteiger partial charge is 0.260 e. The minimum atomic E-state index is -1.67. The molecule has 2 heterocycles. The summed E-state index contributed by atoms with van der Waals surface area (Å²) < 4.78 is 14.0. The van der Waals surface area contributed by atoms with Crippen molar-refractivity contribution in [3.8, 4) is 5.75 Å². The van der Waals surface area contributed by atoms with Gasteiger partial charge in [-0.05, 0) is 102 Å². The van der Waals surface area contributed by atoms with Gasteiger partial charge in [0.05, 0.1) is 34.5 Å². The van der Waals surface area contributed by atoms with Gasteiger partial charge in [0, 0.05) is 27.6 Å². The Morgan fingerprint density at radius 3 is 2.15 bits per heavy atom. The highest BCUT2D eigenvalue weighted by Gasteiger charge is 2.71. The van der Waals surface area contributed by atoms with E-state index in [-0.39, 0.29) is 24.4 Å². The second-order valence-corrected chi connectivity index (χ2v) is 16.3. The number of phenols is 1. The van der Waals surface area contributed by atoms with E-state index in [1.165, 1.54) is 29.2 Å². The minimum absolute atomic E-state index is 0.0290. The molecular weight excluding hydrogens is 781 g/mol. The Hall–Kier alpha value is -6.91. The summed E-state index contributed by atoms with van der Waals surface area (Å²) in [5.74, 6) is -7.23. The molecule has 0 bridgehead atoms. The Balaban J connectivity index is 1.13. The van der Waals surface area contributed by atoms with E-state index in [1.807, 2.05) is 36.4 Å². The average molecular weight is 816 g/mol. The van der Waals surface area contributed by atoms with Crippen LogP contribution in [0.4, 0.5) is 15.8 Å². The van der Waals surface area contributed by atoms with Gasteiger partial charge < -0.3 is 5.11 Å². The third kappa shape index (κ3) is 5.54. The second-order valence-electron chi connectivity index (χ2n) is 15.8. The highest BCUT2D eigenvalue weighted by atomic mass is 35.5. The van der Waals surface area contributed by atoms with Crippen molar-refractivity contribution in [3.63, 3.8) is 0 Å². The first-order valence-corrected chi connectivity index (χ1v) is 20.1. The molecule has 2 saturated heterocycles. The molecule has 2 aliphatic carbocycles. The number of hydrogen-bond donors (Lipinski definition) is 2. The number of aromatic hydroxyl groups is 1. The van der Waals surface area contributed by atoms with Crippen LogP contribution in [0.1, 0.15) is 45.8 Å². The first-order valence-electron chi connectivity index (χ1n) is 19.7. The molecule has 6 atom stereocenters. The van der Waals surface area contributed by atoms with Crippen molar-refractivity contribution in [1.29, 1.82) is 0 Å². The number of allylic oxidation sites excluding steroid dienone is 2. The zero-order valence-corrected chi connectivity index (χ0v) is 32.6. The highest BCUT2D eigenvalue weighted by molar-refractivity contribution is 6.30. The number of fused-ring (bicyclic) bond motifs is 5. The van der Waals surface area contributed by atoms with Crippen LogP contribution in [0.5, 0.6) is 5.75 Å². The van der Waals surface area contributed by atoms with E-state index in [4.69, 9.17) is 11.6 Å². The Bertz CT molecular complexity index is 2810. The van der Waals surface area contributed by atoms with Gasteiger partial charge in [-0.1, -0.05) is 96.0 Å². The number of hydrazine groups is 1. The van der Waals surface area contributed by atoms with Gasteiger partial charge in [-0.3, -0.25) is 34.3 Å². The van der Waals surface area contributed by atoms with E-state index in [2.05, 4.69) is 5.43 Å². The van der Waals surface area contributed by atoms with Crippen molar-refractivity contribution in [2.24, 2.45) is 23.7 Å². The number of nitrogens with one attached hydrogen (secondary N) is 1. The molecule has 6 aromatic rings. The van der Waals surface area contributed by atoms with Gasteiger partial charge in [0.2, 0.25) is 11.8 Å². The fourth-order valence-electron chi connectivity index (χ4n) is 10.3. The number of benzene rings is 6. The number of nitrogens with zero attached hydrogens (tertiary/aromatic N) is 2. The van der Waals surface area contributed by atoms with Gasteiger partial charge in [0.25, 0.3) is 11.8 Å². The molecule has 1 saturated carbocycles. The molecule has 11 heteroatoms. The van der Waals surface area contributed by atoms with Crippen molar-refractivity contribution in [2.45, 2.75) is 24.2 Å². The maximum Gasteiger partial charge on any atom is 0.260 e. The zero-order valence-electron chi connectivity index (χ0n) is 31.8. The maximum atomic E-state index is 15.6. The van der Waals surface area contributed by atoms with Gasteiger partial charge in [-0.2, -0.15) is 5.01 Å². The Labute approximate surface area is 348 Å². The van der Waals surface area contributed by atoms with Crippen LogP contribution in [0.2, 0.25) is 5.02 Å². The van der Waals surface area contributed by atoms with Crippen LogP contribution in [0.15, 0.2) is 151 Å². The quantitative estimate of drug-likeness (QED) is 0.0939. The summed E-state index contributed by atoms with van der Waals surface area (Å²) in [5.41, 5.74) is 4.39. The van der Waals surface area contributed by atoms with E-state index in [9.17, 15) is 23.9 Å². The lowest BCUT2D eigenvalue weighted by Gasteiger charge is -2.51. The molecule has 0 unspecified atom stereocenters. The Morgan fingerprint density at radius 1 is 0.733 bits per heavy atom. The number of carbonyl (C=O) groups excluding carboxylic acids is 5. The first-order chi connectivity index (χ1) is 29.1. The number of hydrogen-bond acceptors (Lipinski definition) is 7. The summed E-state index contributed by atoms with van der Waals surface area (Å²) >= 11 is 6.43. The number of carbonyl (C=O) groups is 5.